The van der Waals surface area contributed by atoms with Gasteiger partial charge in [0.1, 0.15) is 0 Å². The summed E-state index contributed by atoms with van der Waals surface area (Å²) in [6.07, 6.45) is 6.10. The number of aromatic nitrogens is 9. The van der Waals surface area contributed by atoms with Gasteiger partial charge in [0.15, 0.2) is 23.3 Å². The van der Waals surface area contributed by atoms with Crippen LogP contribution in [0.1, 0.15) is 0 Å². The molecule has 0 aliphatic carbocycles. The molecule has 0 spiro atoms. The van der Waals surface area contributed by atoms with Crippen LogP contribution >= 0.6 is 61.5 Å². The summed E-state index contributed by atoms with van der Waals surface area (Å²) in [5.41, 5.74) is 13.0. The lowest BCUT2D eigenvalue weighted by atomic mass is 9.81. The zero-order valence-electron chi connectivity index (χ0n) is 56.9. The maximum absolute atomic E-state index is 8.58. The Hall–Kier alpha value is -12.1. The average molecular weight is 1520 g/mol. The van der Waals surface area contributed by atoms with Gasteiger partial charge in [-0.2, -0.15) is 19.9 Å². The molecule has 11 nitrogen and oxygen atoms in total. The van der Waals surface area contributed by atoms with Gasteiger partial charge in [0, 0.05) is 108 Å². The van der Waals surface area contributed by atoms with Crippen LogP contribution in [0.3, 0.4) is 0 Å². The third-order valence-electron chi connectivity index (χ3n) is 18.5. The lowest BCUT2D eigenvalue weighted by molar-refractivity contribution is 0.426. The van der Waals surface area contributed by atoms with Crippen molar-refractivity contribution < 1.29 is 10.0 Å². The van der Waals surface area contributed by atoms with Gasteiger partial charge < -0.3 is 20.0 Å². The summed E-state index contributed by atoms with van der Waals surface area (Å²) in [6, 6.07) is 109. The molecule has 0 unspecified atom stereocenters. The molecule has 512 valence electrons. The summed E-state index contributed by atoms with van der Waals surface area (Å²) in [4.78, 5) is 34.4. The Balaban J connectivity index is 0.000000107. The molecule has 107 heavy (non-hydrogen) atoms. The van der Waals surface area contributed by atoms with Gasteiger partial charge in [-0.1, -0.05) is 297 Å². The summed E-state index contributed by atoms with van der Waals surface area (Å²) in [5.74, 6) is 3.08. The van der Waals surface area contributed by atoms with Crippen LogP contribution in [0, 0.1) is 0 Å². The predicted octanol–water partition coefficient (Wildman–Crippen LogP) is 23.9. The molecule has 0 radical (unpaired) electrons. The predicted molar refractivity (Wildman–Crippen MR) is 453 cm³/mol. The number of nitrogens with zero attached hydrogens (tertiary/aromatic N) is 7. The van der Waals surface area contributed by atoms with E-state index >= 15 is 0 Å². The van der Waals surface area contributed by atoms with Gasteiger partial charge in [-0.3, -0.25) is 4.57 Å². The van der Waals surface area contributed by atoms with Gasteiger partial charge in [-0.05, 0) is 79.5 Å². The quantitative estimate of drug-likeness (QED) is 0.110. The molecule has 0 saturated carbocycles. The number of rotatable bonds is 8. The van der Waals surface area contributed by atoms with Crippen molar-refractivity contribution in [3.8, 4) is 73.8 Å². The van der Waals surface area contributed by atoms with Crippen molar-refractivity contribution in [3.63, 3.8) is 0 Å². The number of benzene rings is 13. The monoisotopic (exact) mass is 1520 g/mol. The van der Waals surface area contributed by atoms with Crippen molar-refractivity contribution >= 4 is 167 Å². The summed E-state index contributed by atoms with van der Waals surface area (Å²) < 4.78 is 11.2. The zero-order chi connectivity index (χ0) is 72.2. The summed E-state index contributed by atoms with van der Waals surface area (Å²) in [7, 11) is -1.34. The number of fused-ring (bicyclic) bond motifs is 15. The van der Waals surface area contributed by atoms with E-state index in [0.717, 1.165) is 33.2 Å². The normalized spacial score (nSPS) is 11.2. The highest BCUT2D eigenvalue weighted by Crippen LogP contribution is 2.46. The van der Waals surface area contributed by atoms with Crippen LogP contribution in [-0.4, -0.2) is 61.6 Å². The van der Waals surface area contributed by atoms with E-state index in [1.165, 1.54) is 109 Å². The smallest absolute Gasteiger partial charge is 0.423 e. The third kappa shape index (κ3) is 14.0. The minimum absolute atomic E-state index is 0.202. The van der Waals surface area contributed by atoms with Crippen LogP contribution in [0.2, 0.25) is 5.28 Å². The Labute approximate surface area is 640 Å². The molecule has 17 heteroatoms. The molecular weight excluding hydrogens is 1460 g/mol. The van der Waals surface area contributed by atoms with E-state index in [1.807, 2.05) is 174 Å². The van der Waals surface area contributed by atoms with Crippen molar-refractivity contribution in [1.82, 2.24) is 44.4 Å². The Kier molecular flexibility index (Phi) is 19.4. The van der Waals surface area contributed by atoms with E-state index in [1.54, 1.807) is 24.3 Å². The highest BCUT2D eigenvalue weighted by atomic mass is 79.9. The van der Waals surface area contributed by atoms with E-state index in [2.05, 4.69) is 221 Å². The molecule has 0 saturated heterocycles. The largest absolute Gasteiger partial charge is 0.488 e. The minimum Gasteiger partial charge on any atom is -0.423 e. The van der Waals surface area contributed by atoms with Crippen LogP contribution in [0.5, 0.6) is 0 Å². The first-order chi connectivity index (χ1) is 52.7. The summed E-state index contributed by atoms with van der Waals surface area (Å²) in [6.45, 7) is 0. The van der Waals surface area contributed by atoms with Crippen molar-refractivity contribution in [3.05, 3.63) is 350 Å². The van der Waals surface area contributed by atoms with Crippen molar-refractivity contribution in [1.29, 1.82) is 0 Å². The number of aromatic amines is 2. The van der Waals surface area contributed by atoms with E-state index in [0.29, 0.717) is 34.7 Å². The standard InChI is InChI=1S/C35H22N4S.C20H13NS.C15H10ClN3.C14H8BrNS.C6H7BO2/c1-4-11-23(12-5-1)27-17-10-18-28-29-20-19-24-21-22-39(30(24)32(29)40-31(27)28)35-37-33(25-13-6-2-7-14-25)36-34(38-35)26-15-8-3-9-16-26;1-2-5-13(6-3-1)15-7-4-8-16-17-10-9-14-11-12-21-18(14)20(17)22-19(15)16;16-15-18-13(11-7-3-1-4-8-11)17-14(19-15)12-9-5-2-6-10-12;15-11-3-1-2-9-10-5-4-8-6-7-16-12(8)14(10)17-13(9)11;8-7(9)6-4-2-1-3-5-6/h1-22H;1-12,21H;1-10H;1-7,16H;1-5,8-9H. The second-order valence-corrected chi connectivity index (χ2v) is 29.4. The summed E-state index contributed by atoms with van der Waals surface area (Å²) >= 11 is 15.2. The number of thiophene rings is 3. The Morgan fingerprint density at radius 1 is 0.318 bits per heavy atom. The molecule has 21 rings (SSSR count). The topological polar surface area (TPSA) is 154 Å². The number of hydrogen-bond acceptors (Lipinski definition) is 11. The van der Waals surface area contributed by atoms with Crippen LogP contribution in [0.25, 0.3) is 167 Å². The van der Waals surface area contributed by atoms with E-state index in [9.17, 15) is 0 Å². The molecule has 0 aliphatic rings. The van der Waals surface area contributed by atoms with E-state index < -0.39 is 7.12 Å². The highest BCUT2D eigenvalue weighted by Gasteiger charge is 2.20. The minimum atomic E-state index is -1.34. The van der Waals surface area contributed by atoms with Gasteiger partial charge >= 0.3 is 7.12 Å². The Morgan fingerprint density at radius 2 is 0.673 bits per heavy atom. The van der Waals surface area contributed by atoms with Crippen LogP contribution < -0.4 is 5.46 Å². The van der Waals surface area contributed by atoms with E-state index in [4.69, 9.17) is 36.6 Å². The Morgan fingerprint density at radius 3 is 1.10 bits per heavy atom. The van der Waals surface area contributed by atoms with Gasteiger partial charge in [-0.25, -0.2) is 9.97 Å². The molecular formula is C90H60BBrClN9O2S3. The number of H-pyrrole nitrogens is 2. The molecule has 0 fully saturated rings. The lowest BCUT2D eigenvalue weighted by Crippen LogP contribution is -2.29. The average Bonchev–Trinajstić information content (AvgIpc) is 1.60. The maximum Gasteiger partial charge on any atom is 0.488 e. The van der Waals surface area contributed by atoms with Crippen LogP contribution in [0.4, 0.5) is 0 Å². The molecule has 0 bridgehead atoms. The van der Waals surface area contributed by atoms with Gasteiger partial charge in [0.25, 0.3) is 0 Å². The molecule has 8 aromatic heterocycles. The number of nitrogens with one attached hydrogen (secondary N) is 2. The fourth-order valence-corrected chi connectivity index (χ4v) is 18.1. The first-order valence-corrected chi connectivity index (χ1v) is 38.2. The molecule has 0 amide bonds. The zero-order valence-corrected chi connectivity index (χ0v) is 61.7. The molecule has 0 atom stereocenters. The SMILES string of the molecule is Brc1cccc2c1sc1c2ccc2cc[nH]c21.Clc1nc(-c2ccccc2)nc(-c2ccccc2)n1.OB(O)c1ccccc1.c1ccc(-c2cccc3c2sc2c3ccc3cc[nH]c32)cc1.c1ccc(-c2nc(-c3ccccc3)nc(-n3ccc4ccc5c6cccc(-c7ccccc7)c6sc5c43)n2)cc1. The van der Waals surface area contributed by atoms with Gasteiger partial charge in [-0.15, -0.1) is 34.0 Å². The summed E-state index contributed by atoms with van der Waals surface area (Å²) in [5, 5.41) is 28.9. The number of hydrogen-bond donors (Lipinski definition) is 4. The molecule has 4 N–H and O–H groups in total. The van der Waals surface area contributed by atoms with Crippen molar-refractivity contribution in [2.45, 2.75) is 0 Å². The number of halogens is 2. The lowest BCUT2D eigenvalue weighted by Gasteiger charge is -2.10. The van der Waals surface area contributed by atoms with Gasteiger partial charge in [0.05, 0.1) is 30.6 Å². The second kappa shape index (κ2) is 30.5. The molecule has 13 aromatic carbocycles. The highest BCUT2D eigenvalue weighted by molar-refractivity contribution is 9.10. The fraction of sp³-hybridized carbons (Fsp3) is 0. The molecule has 0 aliphatic heterocycles. The van der Waals surface area contributed by atoms with Crippen molar-refractivity contribution in [2.24, 2.45) is 0 Å². The first-order valence-electron chi connectivity index (χ1n) is 34.6. The van der Waals surface area contributed by atoms with Gasteiger partial charge in [0.2, 0.25) is 11.2 Å². The van der Waals surface area contributed by atoms with Crippen LogP contribution in [0.15, 0.2) is 345 Å². The Bertz CT molecular complexity index is 6590. The first kappa shape index (κ1) is 68.0. The van der Waals surface area contributed by atoms with Crippen molar-refractivity contribution in [2.75, 3.05) is 0 Å². The maximum atomic E-state index is 8.58. The van der Waals surface area contributed by atoms with E-state index in [-0.39, 0.29) is 5.28 Å². The fourth-order valence-electron chi connectivity index (χ4n) is 13.4. The molecule has 8 heterocycles. The third-order valence-corrected chi connectivity index (χ3v) is 23.4. The second-order valence-electron chi connectivity index (χ2n) is 25.1. The molecule has 21 aromatic rings. The van der Waals surface area contributed by atoms with Crippen LogP contribution in [-0.2, 0) is 0 Å².